The Kier molecular flexibility index (Phi) is 4.65. The third kappa shape index (κ3) is 3.58. The van der Waals surface area contributed by atoms with Crippen molar-refractivity contribution in [1.82, 2.24) is 4.57 Å². The molecule has 24 heavy (non-hydrogen) atoms. The highest BCUT2D eigenvalue weighted by Gasteiger charge is 2.16. The van der Waals surface area contributed by atoms with E-state index in [1.165, 1.54) is 6.07 Å². The molecule has 1 N–H and O–H groups in total. The van der Waals surface area contributed by atoms with Crippen molar-refractivity contribution in [1.29, 1.82) is 5.26 Å². The van der Waals surface area contributed by atoms with Gasteiger partial charge in [-0.05, 0) is 12.1 Å². The zero-order valence-electron chi connectivity index (χ0n) is 11.8. The summed E-state index contributed by atoms with van der Waals surface area (Å²) in [5.74, 6) is -2.74. The molecule has 0 bridgehead atoms. The fourth-order valence-corrected chi connectivity index (χ4v) is 1.85. The minimum atomic E-state index is -1.02. The molecule has 1 amide bonds. The summed E-state index contributed by atoms with van der Waals surface area (Å²) in [6, 6.07) is 4.75. The second kappa shape index (κ2) is 6.66. The monoisotopic (exact) mass is 334 g/mol. The molecule has 0 aliphatic rings. The van der Waals surface area contributed by atoms with Gasteiger partial charge in [-0.3, -0.25) is 24.3 Å². The predicted molar refractivity (Wildman–Crippen MR) is 77.1 cm³/mol. The van der Waals surface area contributed by atoms with Gasteiger partial charge in [0.05, 0.1) is 16.8 Å². The van der Waals surface area contributed by atoms with Crippen molar-refractivity contribution < 1.29 is 18.5 Å². The normalized spacial score (nSPS) is 10.0. The van der Waals surface area contributed by atoms with Gasteiger partial charge in [-0.1, -0.05) is 0 Å². The number of nitro groups is 1. The maximum absolute atomic E-state index is 13.5. The Bertz CT molecular complexity index is 933. The third-order valence-corrected chi connectivity index (χ3v) is 2.92. The van der Waals surface area contributed by atoms with Gasteiger partial charge in [-0.25, -0.2) is 8.78 Å². The number of halogens is 2. The first-order chi connectivity index (χ1) is 11.3. The smallest absolute Gasteiger partial charge is 0.287 e. The van der Waals surface area contributed by atoms with Crippen molar-refractivity contribution in [3.63, 3.8) is 0 Å². The number of carbonyl (C=O) groups is 1. The zero-order chi connectivity index (χ0) is 17.9. The number of nitrogens with one attached hydrogen (secondary N) is 1. The summed E-state index contributed by atoms with van der Waals surface area (Å²) in [4.78, 5) is 33.7. The van der Waals surface area contributed by atoms with E-state index in [2.05, 4.69) is 5.32 Å². The lowest BCUT2D eigenvalue weighted by atomic mass is 10.2. The van der Waals surface area contributed by atoms with Crippen LogP contribution in [0.2, 0.25) is 0 Å². The highest BCUT2D eigenvalue weighted by molar-refractivity contribution is 5.90. The maximum atomic E-state index is 13.5. The Hall–Kier alpha value is -3.61. The number of nitriles is 1. The maximum Gasteiger partial charge on any atom is 0.287 e. The molecule has 2 rings (SSSR count). The summed E-state index contributed by atoms with van der Waals surface area (Å²) in [7, 11) is 0. The molecule has 1 aromatic heterocycles. The summed E-state index contributed by atoms with van der Waals surface area (Å²) < 4.78 is 26.9. The van der Waals surface area contributed by atoms with Gasteiger partial charge in [0.25, 0.3) is 11.2 Å². The minimum absolute atomic E-state index is 0.319. The molecular formula is C14H8F2N4O4. The number of nitrogens with zero attached hydrogens (tertiary/aromatic N) is 3. The number of hydrogen-bond donors (Lipinski definition) is 1. The lowest BCUT2D eigenvalue weighted by Gasteiger charge is -2.08. The molecule has 122 valence electrons. The lowest BCUT2D eigenvalue weighted by Crippen LogP contribution is -2.29. The molecule has 0 unspecified atom stereocenters. The van der Waals surface area contributed by atoms with Crippen LogP contribution in [0.5, 0.6) is 0 Å². The van der Waals surface area contributed by atoms with Gasteiger partial charge in [-0.2, -0.15) is 5.26 Å². The van der Waals surface area contributed by atoms with Crippen LogP contribution >= 0.6 is 0 Å². The molecule has 0 saturated carbocycles. The molecule has 0 spiro atoms. The first-order valence-corrected chi connectivity index (χ1v) is 6.35. The van der Waals surface area contributed by atoms with Gasteiger partial charge in [0, 0.05) is 12.1 Å². The van der Waals surface area contributed by atoms with Crippen LogP contribution in [-0.4, -0.2) is 15.4 Å². The number of amides is 1. The van der Waals surface area contributed by atoms with Crippen LogP contribution in [0.25, 0.3) is 0 Å². The topological polar surface area (TPSA) is 118 Å². The van der Waals surface area contributed by atoms with Crippen molar-refractivity contribution in [3.8, 4) is 6.07 Å². The summed E-state index contributed by atoms with van der Waals surface area (Å²) in [6.45, 7) is -0.688. The molecule has 0 atom stereocenters. The number of aromatic nitrogens is 1. The van der Waals surface area contributed by atoms with Crippen LogP contribution in [0, 0.1) is 33.1 Å². The van der Waals surface area contributed by atoms with Crippen molar-refractivity contribution >= 4 is 17.3 Å². The van der Waals surface area contributed by atoms with E-state index in [0.29, 0.717) is 10.6 Å². The van der Waals surface area contributed by atoms with E-state index in [-0.39, 0.29) is 5.69 Å². The Morgan fingerprint density at radius 3 is 2.67 bits per heavy atom. The Morgan fingerprint density at radius 1 is 1.38 bits per heavy atom. The molecule has 2 aromatic rings. The van der Waals surface area contributed by atoms with Gasteiger partial charge in [-0.15, -0.1) is 0 Å². The predicted octanol–water partition coefficient (Wildman–Crippen LogP) is 1.55. The van der Waals surface area contributed by atoms with E-state index in [1.54, 1.807) is 0 Å². The fourth-order valence-electron chi connectivity index (χ4n) is 1.85. The van der Waals surface area contributed by atoms with Gasteiger partial charge in [0.1, 0.15) is 29.8 Å². The minimum Gasteiger partial charge on any atom is -0.322 e. The number of carbonyl (C=O) groups excluding carboxylic acids is 1. The first-order valence-electron chi connectivity index (χ1n) is 6.35. The lowest BCUT2D eigenvalue weighted by molar-refractivity contribution is -0.385. The average Bonchev–Trinajstić information content (AvgIpc) is 2.51. The Balaban J connectivity index is 2.29. The van der Waals surface area contributed by atoms with Crippen LogP contribution < -0.4 is 10.9 Å². The largest absolute Gasteiger partial charge is 0.322 e. The van der Waals surface area contributed by atoms with Crippen LogP contribution in [0.15, 0.2) is 35.3 Å². The molecule has 0 aliphatic carbocycles. The summed E-state index contributed by atoms with van der Waals surface area (Å²) in [5, 5.41) is 21.7. The van der Waals surface area contributed by atoms with Gasteiger partial charge in [0.2, 0.25) is 5.91 Å². The van der Waals surface area contributed by atoms with E-state index in [0.717, 1.165) is 24.4 Å². The standard InChI is InChI=1S/C14H8F2N4O4/c15-9-1-2-12(11(16)4-9)18-13(21)7-19-6-10(20(23)24)3-8(5-17)14(19)22/h1-4,6H,7H2,(H,18,21). The Morgan fingerprint density at radius 2 is 2.08 bits per heavy atom. The molecule has 0 radical (unpaired) electrons. The van der Waals surface area contributed by atoms with E-state index >= 15 is 0 Å². The molecule has 8 nitrogen and oxygen atoms in total. The fraction of sp³-hybridized carbons (Fsp3) is 0.0714. The number of anilines is 1. The molecule has 0 aliphatic heterocycles. The van der Waals surface area contributed by atoms with Gasteiger partial charge >= 0.3 is 0 Å². The summed E-state index contributed by atoms with van der Waals surface area (Å²) in [6.07, 6.45) is 0.795. The van der Waals surface area contributed by atoms with Crippen LogP contribution in [0.3, 0.4) is 0 Å². The van der Waals surface area contributed by atoms with Crippen molar-refractivity contribution in [2.24, 2.45) is 0 Å². The number of hydrogen-bond acceptors (Lipinski definition) is 5. The van der Waals surface area contributed by atoms with Crippen molar-refractivity contribution in [3.05, 3.63) is 68.1 Å². The van der Waals surface area contributed by atoms with E-state index in [1.807, 2.05) is 0 Å². The molecule has 10 heteroatoms. The molecule has 0 fully saturated rings. The average molecular weight is 334 g/mol. The summed E-state index contributed by atoms with van der Waals surface area (Å²) in [5.41, 5.74) is -2.28. The van der Waals surface area contributed by atoms with Crippen molar-refractivity contribution in [2.45, 2.75) is 6.54 Å². The summed E-state index contributed by atoms with van der Waals surface area (Å²) >= 11 is 0. The Labute approximate surface area is 132 Å². The van der Waals surface area contributed by atoms with Crippen LogP contribution in [-0.2, 0) is 11.3 Å². The second-order valence-corrected chi connectivity index (χ2v) is 4.59. The molecule has 1 heterocycles. The van der Waals surface area contributed by atoms with Crippen LogP contribution in [0.1, 0.15) is 5.56 Å². The second-order valence-electron chi connectivity index (χ2n) is 4.59. The molecule has 0 saturated heterocycles. The zero-order valence-corrected chi connectivity index (χ0v) is 11.8. The van der Waals surface area contributed by atoms with Gasteiger partial charge in [0.15, 0.2) is 0 Å². The van der Waals surface area contributed by atoms with Crippen molar-refractivity contribution in [2.75, 3.05) is 5.32 Å². The van der Waals surface area contributed by atoms with E-state index in [9.17, 15) is 28.5 Å². The number of benzene rings is 1. The SMILES string of the molecule is N#Cc1cc([N+](=O)[O-])cn(CC(=O)Nc2ccc(F)cc2F)c1=O. The number of rotatable bonds is 4. The van der Waals surface area contributed by atoms with E-state index in [4.69, 9.17) is 5.26 Å². The molecule has 1 aromatic carbocycles. The number of pyridine rings is 1. The highest BCUT2D eigenvalue weighted by Crippen LogP contribution is 2.15. The van der Waals surface area contributed by atoms with E-state index < -0.39 is 45.8 Å². The third-order valence-electron chi connectivity index (χ3n) is 2.92. The quantitative estimate of drug-likeness (QED) is 0.672. The highest BCUT2D eigenvalue weighted by atomic mass is 19.1. The van der Waals surface area contributed by atoms with Crippen LogP contribution in [0.4, 0.5) is 20.2 Å². The molecular weight excluding hydrogens is 326 g/mol. The van der Waals surface area contributed by atoms with Gasteiger partial charge < -0.3 is 5.32 Å². The first kappa shape index (κ1) is 16.8.